The SMILES string of the molecule is C=C[C@@H](O)F. The lowest BCUT2D eigenvalue weighted by molar-refractivity contribution is 0.0886. The maximum Gasteiger partial charge on any atom is 0.215 e. The molecule has 0 rings (SSSR count). The lowest BCUT2D eigenvalue weighted by Gasteiger charge is -1.79. The fraction of sp³-hybridized carbons (Fsp3) is 0.333. The van der Waals surface area contributed by atoms with Gasteiger partial charge in [-0.1, -0.05) is 6.58 Å². The zero-order valence-electron chi connectivity index (χ0n) is 2.69. The van der Waals surface area contributed by atoms with Crippen LogP contribution in [0.1, 0.15) is 0 Å². The van der Waals surface area contributed by atoms with Gasteiger partial charge in [0.05, 0.1) is 0 Å². The molecular weight excluding hydrogens is 71.0 g/mol. The zero-order valence-corrected chi connectivity index (χ0v) is 2.69. The maximum absolute atomic E-state index is 10.9. The van der Waals surface area contributed by atoms with E-state index in [-0.39, 0.29) is 0 Å². The summed E-state index contributed by atoms with van der Waals surface area (Å²) in [6, 6.07) is 0. The first kappa shape index (κ1) is 4.63. The van der Waals surface area contributed by atoms with Crippen LogP contribution in [0.25, 0.3) is 0 Å². The molecule has 0 aliphatic rings. The van der Waals surface area contributed by atoms with Crippen LogP contribution < -0.4 is 0 Å². The van der Waals surface area contributed by atoms with Crippen molar-refractivity contribution in [2.75, 3.05) is 0 Å². The average Bonchev–Trinajstić information content (AvgIpc) is 1.38. The van der Waals surface area contributed by atoms with E-state index in [1.165, 1.54) is 0 Å². The smallest absolute Gasteiger partial charge is 0.215 e. The predicted molar refractivity (Wildman–Crippen MR) is 17.3 cm³/mol. The van der Waals surface area contributed by atoms with Gasteiger partial charge in [0.1, 0.15) is 0 Å². The van der Waals surface area contributed by atoms with Crippen LogP contribution in [0.5, 0.6) is 0 Å². The first-order chi connectivity index (χ1) is 2.27. The van der Waals surface area contributed by atoms with Gasteiger partial charge in [-0.15, -0.1) is 0 Å². The van der Waals surface area contributed by atoms with Crippen molar-refractivity contribution in [1.29, 1.82) is 0 Å². The minimum Gasteiger partial charge on any atom is -0.361 e. The molecule has 0 unspecified atom stereocenters. The van der Waals surface area contributed by atoms with Crippen LogP contribution in [0.4, 0.5) is 4.39 Å². The molecule has 0 spiro atoms. The van der Waals surface area contributed by atoms with Gasteiger partial charge in [-0.25, -0.2) is 4.39 Å². The summed E-state index contributed by atoms with van der Waals surface area (Å²) in [6.45, 7) is 2.94. The van der Waals surface area contributed by atoms with E-state index in [1.54, 1.807) is 0 Å². The zero-order chi connectivity index (χ0) is 4.28. The number of hydrogen-bond donors (Lipinski definition) is 1. The topological polar surface area (TPSA) is 20.2 Å². The number of aliphatic hydroxyl groups is 1. The Morgan fingerprint density at radius 3 is 2.20 bits per heavy atom. The van der Waals surface area contributed by atoms with Crippen molar-refractivity contribution in [1.82, 2.24) is 0 Å². The highest BCUT2D eigenvalue weighted by Crippen LogP contribution is 1.78. The first-order valence-corrected chi connectivity index (χ1v) is 1.22. The molecule has 30 valence electrons. The minimum absolute atomic E-state index is 0.806. The van der Waals surface area contributed by atoms with Crippen molar-refractivity contribution in [2.45, 2.75) is 6.36 Å². The van der Waals surface area contributed by atoms with Crippen molar-refractivity contribution >= 4 is 0 Å². The van der Waals surface area contributed by atoms with E-state index in [0.29, 0.717) is 0 Å². The molecule has 0 saturated heterocycles. The van der Waals surface area contributed by atoms with Crippen LogP contribution in [0.3, 0.4) is 0 Å². The van der Waals surface area contributed by atoms with Crippen molar-refractivity contribution in [3.8, 4) is 0 Å². The number of hydrogen-bond acceptors (Lipinski definition) is 1. The van der Waals surface area contributed by atoms with Gasteiger partial charge in [0.25, 0.3) is 0 Å². The number of rotatable bonds is 1. The third-order valence-corrected chi connectivity index (χ3v) is 0.194. The molecular formula is C3H5FO. The predicted octanol–water partition coefficient (Wildman–Crippen LogP) is 0.460. The molecule has 0 aromatic rings. The summed E-state index contributed by atoms with van der Waals surface area (Å²) in [5.74, 6) is 0. The second kappa shape index (κ2) is 1.91. The molecule has 0 aromatic heterocycles. The Balaban J connectivity index is 2.83. The van der Waals surface area contributed by atoms with E-state index in [4.69, 9.17) is 5.11 Å². The molecule has 0 aromatic carbocycles. The summed E-state index contributed by atoms with van der Waals surface area (Å²) >= 11 is 0. The summed E-state index contributed by atoms with van der Waals surface area (Å²) in [5, 5.41) is 7.58. The van der Waals surface area contributed by atoms with Crippen LogP contribution in [0.15, 0.2) is 12.7 Å². The van der Waals surface area contributed by atoms with Crippen LogP contribution in [-0.4, -0.2) is 11.5 Å². The van der Waals surface area contributed by atoms with Crippen LogP contribution >= 0.6 is 0 Å². The molecule has 0 saturated carbocycles. The molecule has 0 heterocycles. The summed E-state index contributed by atoms with van der Waals surface area (Å²) in [7, 11) is 0. The summed E-state index contributed by atoms with van der Waals surface area (Å²) < 4.78 is 10.9. The quantitative estimate of drug-likeness (QED) is 0.450. The fourth-order valence-corrected chi connectivity index (χ4v) is 0. The second-order valence-corrected chi connectivity index (χ2v) is 0.608. The lowest BCUT2D eigenvalue weighted by Crippen LogP contribution is -1.85. The molecule has 1 atom stereocenters. The van der Waals surface area contributed by atoms with Crippen molar-refractivity contribution < 1.29 is 9.50 Å². The Labute approximate surface area is 29.7 Å². The third kappa shape index (κ3) is 3.63. The molecule has 0 aliphatic heterocycles. The van der Waals surface area contributed by atoms with Gasteiger partial charge >= 0.3 is 0 Å². The number of alkyl halides is 1. The summed E-state index contributed by atoms with van der Waals surface area (Å²) in [4.78, 5) is 0. The molecule has 1 N–H and O–H groups in total. The Hall–Kier alpha value is -0.370. The molecule has 0 radical (unpaired) electrons. The van der Waals surface area contributed by atoms with Gasteiger partial charge < -0.3 is 5.11 Å². The van der Waals surface area contributed by atoms with E-state index in [2.05, 4.69) is 6.58 Å². The van der Waals surface area contributed by atoms with Crippen molar-refractivity contribution in [2.24, 2.45) is 0 Å². The van der Waals surface area contributed by atoms with E-state index < -0.39 is 6.36 Å². The first-order valence-electron chi connectivity index (χ1n) is 1.22. The molecule has 0 fully saturated rings. The Kier molecular flexibility index (Phi) is 1.76. The minimum atomic E-state index is -1.85. The van der Waals surface area contributed by atoms with Gasteiger partial charge in [-0.3, -0.25) is 0 Å². The lowest BCUT2D eigenvalue weighted by atomic mass is 10.7. The van der Waals surface area contributed by atoms with E-state index >= 15 is 0 Å². The highest BCUT2D eigenvalue weighted by atomic mass is 19.1. The highest BCUT2D eigenvalue weighted by Gasteiger charge is 1.81. The van der Waals surface area contributed by atoms with Crippen LogP contribution in [-0.2, 0) is 0 Å². The number of halogens is 1. The monoisotopic (exact) mass is 76.0 g/mol. The maximum atomic E-state index is 10.9. The van der Waals surface area contributed by atoms with E-state index in [9.17, 15) is 4.39 Å². The number of aliphatic hydroxyl groups excluding tert-OH is 1. The van der Waals surface area contributed by atoms with Crippen LogP contribution in [0, 0.1) is 0 Å². The summed E-state index contributed by atoms with van der Waals surface area (Å²) in [6.07, 6.45) is -1.05. The van der Waals surface area contributed by atoms with Crippen molar-refractivity contribution in [3.63, 3.8) is 0 Å². The van der Waals surface area contributed by atoms with E-state index in [1.807, 2.05) is 0 Å². The largest absolute Gasteiger partial charge is 0.361 e. The summed E-state index contributed by atoms with van der Waals surface area (Å²) in [5.41, 5.74) is 0. The van der Waals surface area contributed by atoms with Gasteiger partial charge in [0.2, 0.25) is 6.36 Å². The molecule has 5 heavy (non-hydrogen) atoms. The van der Waals surface area contributed by atoms with Gasteiger partial charge in [-0.2, -0.15) is 0 Å². The van der Waals surface area contributed by atoms with Gasteiger partial charge in [0, 0.05) is 0 Å². The molecule has 2 heteroatoms. The Morgan fingerprint density at radius 1 is 2.00 bits per heavy atom. The average molecular weight is 76.1 g/mol. The van der Waals surface area contributed by atoms with Crippen LogP contribution in [0.2, 0.25) is 0 Å². The normalized spacial score (nSPS) is 14.0. The second-order valence-electron chi connectivity index (χ2n) is 0.608. The molecule has 0 aliphatic carbocycles. The molecule has 0 amide bonds. The standard InChI is InChI=1S/C3H5FO/c1-2-3(4)5/h2-3,5H,1H2/t3-/m1/s1. The fourth-order valence-electron chi connectivity index (χ4n) is 0. The van der Waals surface area contributed by atoms with Gasteiger partial charge in [0.15, 0.2) is 0 Å². The van der Waals surface area contributed by atoms with Gasteiger partial charge in [-0.05, 0) is 6.08 Å². The van der Waals surface area contributed by atoms with Crippen molar-refractivity contribution in [3.05, 3.63) is 12.7 Å². The molecule has 0 bridgehead atoms. The molecule has 1 nitrogen and oxygen atoms in total. The Morgan fingerprint density at radius 2 is 2.20 bits per heavy atom. The highest BCUT2D eigenvalue weighted by molar-refractivity contribution is 4.67. The van der Waals surface area contributed by atoms with E-state index in [0.717, 1.165) is 6.08 Å². The third-order valence-electron chi connectivity index (χ3n) is 0.194. The Bertz CT molecular complexity index is 33.9.